The molecule has 0 aliphatic carbocycles. The maximum absolute atomic E-state index is 12.7. The fraction of sp³-hybridized carbons (Fsp3) is 0.316. The van der Waals surface area contributed by atoms with Gasteiger partial charge in [0.25, 0.3) is 0 Å². The van der Waals surface area contributed by atoms with Gasteiger partial charge in [0.05, 0.1) is 11.4 Å². The van der Waals surface area contributed by atoms with Crippen molar-refractivity contribution in [1.29, 1.82) is 0 Å². The summed E-state index contributed by atoms with van der Waals surface area (Å²) in [6.07, 6.45) is 0. The number of hydrogen-bond acceptors (Lipinski definition) is 4. The van der Waals surface area contributed by atoms with Gasteiger partial charge in [-0.3, -0.25) is 9.69 Å². The zero-order valence-corrected chi connectivity index (χ0v) is 16.6. The number of carbonyl (C=O) groups excluding carboxylic acids is 1. The smallest absolute Gasteiger partial charge is 0.243 e. The van der Waals surface area contributed by atoms with Crippen molar-refractivity contribution in [3.63, 3.8) is 0 Å². The van der Waals surface area contributed by atoms with E-state index < -0.39 is 10.0 Å². The monoisotopic (exact) mass is 407 g/mol. The third kappa shape index (κ3) is 5.07. The highest BCUT2D eigenvalue weighted by Gasteiger charge is 2.29. The van der Waals surface area contributed by atoms with E-state index in [1.165, 1.54) is 10.4 Å². The Morgan fingerprint density at radius 1 is 1.07 bits per heavy atom. The molecule has 144 valence electrons. The summed E-state index contributed by atoms with van der Waals surface area (Å²) in [5.74, 6) is -0.105. The third-order valence-corrected chi connectivity index (χ3v) is 6.56. The second kappa shape index (κ2) is 8.39. The van der Waals surface area contributed by atoms with Crippen LogP contribution in [0.4, 0.5) is 5.69 Å². The summed E-state index contributed by atoms with van der Waals surface area (Å²) in [6.45, 7) is 3.88. The van der Waals surface area contributed by atoms with Crippen LogP contribution in [0.1, 0.15) is 5.56 Å². The number of nitrogens with zero attached hydrogens (tertiary/aromatic N) is 2. The van der Waals surface area contributed by atoms with Gasteiger partial charge in [0.2, 0.25) is 15.9 Å². The van der Waals surface area contributed by atoms with Crippen molar-refractivity contribution in [1.82, 2.24) is 9.21 Å². The minimum absolute atomic E-state index is 0.105. The van der Waals surface area contributed by atoms with Crippen molar-refractivity contribution in [2.24, 2.45) is 0 Å². The number of hydrogen-bond donors (Lipinski definition) is 1. The standard InChI is InChI=1S/C19H22ClN3O3S/c1-15-4-2-6-17(12-15)21-19(24)14-22-8-10-23(11-9-22)27(25,26)18-7-3-5-16(20)13-18/h2-7,12-13H,8-11,14H2,1H3,(H,21,24). The highest BCUT2D eigenvalue weighted by Crippen LogP contribution is 2.21. The van der Waals surface area contributed by atoms with Gasteiger partial charge in [-0.2, -0.15) is 4.31 Å². The minimum atomic E-state index is -3.57. The first-order valence-corrected chi connectivity index (χ1v) is 10.5. The number of sulfonamides is 1. The van der Waals surface area contributed by atoms with Crippen molar-refractivity contribution >= 4 is 33.2 Å². The predicted octanol–water partition coefficient (Wildman–Crippen LogP) is 2.59. The van der Waals surface area contributed by atoms with E-state index in [9.17, 15) is 13.2 Å². The van der Waals surface area contributed by atoms with Gasteiger partial charge in [0, 0.05) is 36.9 Å². The number of rotatable bonds is 5. The summed E-state index contributed by atoms with van der Waals surface area (Å²) in [6, 6.07) is 13.9. The fourth-order valence-corrected chi connectivity index (χ4v) is 4.75. The molecule has 3 rings (SSSR count). The van der Waals surface area contributed by atoms with E-state index in [4.69, 9.17) is 11.6 Å². The van der Waals surface area contributed by atoms with E-state index in [1.807, 2.05) is 36.1 Å². The molecule has 0 radical (unpaired) electrons. The normalized spacial score (nSPS) is 16.2. The maximum Gasteiger partial charge on any atom is 0.243 e. The van der Waals surface area contributed by atoms with Crippen molar-refractivity contribution < 1.29 is 13.2 Å². The zero-order valence-electron chi connectivity index (χ0n) is 15.1. The zero-order chi connectivity index (χ0) is 19.4. The predicted molar refractivity (Wildman–Crippen MR) is 106 cm³/mol. The van der Waals surface area contributed by atoms with Gasteiger partial charge < -0.3 is 5.32 Å². The molecule has 0 unspecified atom stereocenters. The van der Waals surface area contributed by atoms with Crippen molar-refractivity contribution in [3.05, 3.63) is 59.1 Å². The average molecular weight is 408 g/mol. The first-order valence-electron chi connectivity index (χ1n) is 8.69. The summed E-state index contributed by atoms with van der Waals surface area (Å²) in [7, 11) is -3.57. The van der Waals surface area contributed by atoms with E-state index >= 15 is 0 Å². The van der Waals surface area contributed by atoms with Crippen LogP contribution in [0.25, 0.3) is 0 Å². The highest BCUT2D eigenvalue weighted by molar-refractivity contribution is 7.89. The topological polar surface area (TPSA) is 69.7 Å². The molecule has 1 saturated heterocycles. The highest BCUT2D eigenvalue weighted by atomic mass is 35.5. The van der Waals surface area contributed by atoms with Gasteiger partial charge in [0.1, 0.15) is 0 Å². The van der Waals surface area contributed by atoms with Gasteiger partial charge in [-0.15, -0.1) is 0 Å². The summed E-state index contributed by atoms with van der Waals surface area (Å²) in [5, 5.41) is 3.27. The van der Waals surface area contributed by atoms with Crippen LogP contribution < -0.4 is 5.32 Å². The lowest BCUT2D eigenvalue weighted by atomic mass is 10.2. The van der Waals surface area contributed by atoms with Crippen molar-refractivity contribution in [3.8, 4) is 0 Å². The Labute approximate surface area is 164 Å². The Kier molecular flexibility index (Phi) is 6.16. The quantitative estimate of drug-likeness (QED) is 0.827. The number of amides is 1. The van der Waals surface area contributed by atoms with E-state index in [0.29, 0.717) is 31.2 Å². The van der Waals surface area contributed by atoms with Gasteiger partial charge in [-0.25, -0.2) is 8.42 Å². The molecule has 0 saturated carbocycles. The van der Waals surface area contributed by atoms with Crippen molar-refractivity contribution in [2.45, 2.75) is 11.8 Å². The first-order chi connectivity index (χ1) is 12.8. The average Bonchev–Trinajstić information content (AvgIpc) is 2.62. The van der Waals surface area contributed by atoms with Crippen LogP contribution in [0, 0.1) is 6.92 Å². The van der Waals surface area contributed by atoms with Crippen LogP contribution in [0.15, 0.2) is 53.4 Å². The SMILES string of the molecule is Cc1cccc(NC(=O)CN2CCN(S(=O)(=O)c3cccc(Cl)c3)CC2)c1. The molecule has 0 spiro atoms. The second-order valence-electron chi connectivity index (χ2n) is 6.56. The number of piperazine rings is 1. The van der Waals surface area contributed by atoms with Crippen molar-refractivity contribution in [2.75, 3.05) is 38.0 Å². The first kappa shape index (κ1) is 19.8. The molecule has 27 heavy (non-hydrogen) atoms. The molecule has 0 atom stereocenters. The van der Waals surface area contributed by atoms with E-state index in [-0.39, 0.29) is 17.3 Å². The van der Waals surface area contributed by atoms with Crippen LogP contribution >= 0.6 is 11.6 Å². The van der Waals surface area contributed by atoms with Gasteiger partial charge in [-0.1, -0.05) is 29.8 Å². The molecule has 0 bridgehead atoms. The molecular formula is C19H22ClN3O3S. The van der Waals surface area contributed by atoms with E-state index in [0.717, 1.165) is 11.3 Å². The Morgan fingerprint density at radius 3 is 2.44 bits per heavy atom. The summed E-state index contributed by atoms with van der Waals surface area (Å²) in [5.41, 5.74) is 1.84. The van der Waals surface area contributed by atoms with Crippen LogP contribution in [0.2, 0.25) is 5.02 Å². The maximum atomic E-state index is 12.7. The molecule has 2 aromatic carbocycles. The Bertz CT molecular complexity index is 925. The number of aryl methyl sites for hydroxylation is 1. The molecule has 1 fully saturated rings. The molecule has 1 aliphatic heterocycles. The summed E-state index contributed by atoms with van der Waals surface area (Å²) >= 11 is 5.91. The summed E-state index contributed by atoms with van der Waals surface area (Å²) < 4.78 is 26.9. The lowest BCUT2D eigenvalue weighted by molar-refractivity contribution is -0.117. The molecule has 1 N–H and O–H groups in total. The number of anilines is 1. The number of nitrogens with one attached hydrogen (secondary N) is 1. The largest absolute Gasteiger partial charge is 0.325 e. The number of carbonyl (C=O) groups is 1. The third-order valence-electron chi connectivity index (χ3n) is 4.43. The van der Waals surface area contributed by atoms with E-state index in [1.54, 1.807) is 18.2 Å². The Morgan fingerprint density at radius 2 is 1.78 bits per heavy atom. The summed E-state index contributed by atoms with van der Waals surface area (Å²) in [4.78, 5) is 14.4. The van der Waals surface area contributed by atoms with Gasteiger partial charge in [0.15, 0.2) is 0 Å². The van der Waals surface area contributed by atoms with Gasteiger partial charge >= 0.3 is 0 Å². The molecule has 1 aliphatic rings. The molecular weight excluding hydrogens is 386 g/mol. The number of benzene rings is 2. The molecule has 8 heteroatoms. The fourth-order valence-electron chi connectivity index (χ4n) is 3.03. The van der Waals surface area contributed by atoms with Crippen LogP contribution in [0.5, 0.6) is 0 Å². The molecule has 1 amide bonds. The molecule has 1 heterocycles. The van der Waals surface area contributed by atoms with Gasteiger partial charge in [-0.05, 0) is 42.8 Å². The van der Waals surface area contributed by atoms with Crippen LogP contribution in [-0.4, -0.2) is 56.3 Å². The minimum Gasteiger partial charge on any atom is -0.325 e. The second-order valence-corrected chi connectivity index (χ2v) is 8.93. The molecule has 6 nitrogen and oxygen atoms in total. The molecule has 0 aromatic heterocycles. The Hall–Kier alpha value is -1.93. The van der Waals surface area contributed by atoms with Crippen LogP contribution in [0.3, 0.4) is 0 Å². The lowest BCUT2D eigenvalue weighted by Gasteiger charge is -2.33. The number of halogens is 1. The molecule has 2 aromatic rings. The Balaban J connectivity index is 1.55. The van der Waals surface area contributed by atoms with E-state index in [2.05, 4.69) is 5.32 Å². The lowest BCUT2D eigenvalue weighted by Crippen LogP contribution is -2.50. The van der Waals surface area contributed by atoms with Crippen LogP contribution in [-0.2, 0) is 14.8 Å².